The molecule has 0 bridgehead atoms. The lowest BCUT2D eigenvalue weighted by Crippen LogP contribution is -2.36. The fourth-order valence-electron chi connectivity index (χ4n) is 4.61. The van der Waals surface area contributed by atoms with E-state index >= 15 is 0 Å². The Morgan fingerprint density at radius 3 is 2.37 bits per heavy atom. The molecule has 0 radical (unpaired) electrons. The summed E-state index contributed by atoms with van der Waals surface area (Å²) in [5, 5.41) is 23.7. The highest BCUT2D eigenvalue weighted by atomic mass is 19.1. The van der Waals surface area contributed by atoms with Gasteiger partial charge in [-0.2, -0.15) is 0 Å². The third-order valence-corrected chi connectivity index (χ3v) is 6.43. The van der Waals surface area contributed by atoms with Gasteiger partial charge in [0.15, 0.2) is 0 Å². The Balaban J connectivity index is 1.26. The second-order valence-electron chi connectivity index (χ2n) is 8.40. The third-order valence-electron chi connectivity index (χ3n) is 6.43. The van der Waals surface area contributed by atoms with E-state index in [0.717, 1.165) is 55.4 Å². The monoisotopic (exact) mass is 407 g/mol. The third kappa shape index (κ3) is 4.89. The number of rotatable bonds is 7. The number of aliphatic hydroxyl groups excluding tert-OH is 2. The Labute approximate surface area is 177 Å². The molecule has 0 saturated carbocycles. The largest absolute Gasteiger partial charge is 0.388 e. The molecule has 3 aromatic rings. The Morgan fingerprint density at radius 2 is 1.60 bits per heavy atom. The molecule has 0 aromatic heterocycles. The predicted octanol–water partition coefficient (Wildman–Crippen LogP) is 5.24. The average molecular weight is 408 g/mol. The summed E-state index contributed by atoms with van der Waals surface area (Å²) in [5.74, 6) is -0.00336. The molecule has 4 rings (SSSR count). The minimum atomic E-state index is -0.545. The standard InChI is InChI=1S/C26H30FNO2/c27-22-12-10-20(11-13-22)25(29)9-4-16-28-17-14-21(15-18-28)26(30)24-8-3-6-19-5-1-2-7-23(19)24/h1-3,5-8,10-13,21,25-26,29-30H,4,9,14-18H2. The van der Waals surface area contributed by atoms with Crippen LogP contribution in [0.1, 0.15) is 49.0 Å². The summed E-state index contributed by atoms with van der Waals surface area (Å²) in [5.41, 5.74) is 1.81. The van der Waals surface area contributed by atoms with Gasteiger partial charge in [0.2, 0.25) is 0 Å². The molecule has 1 aliphatic rings. The number of hydrogen-bond donors (Lipinski definition) is 2. The highest BCUT2D eigenvalue weighted by Crippen LogP contribution is 2.34. The molecule has 0 aliphatic carbocycles. The van der Waals surface area contributed by atoms with Crippen LogP contribution in [-0.2, 0) is 0 Å². The Bertz CT molecular complexity index is 945. The molecule has 30 heavy (non-hydrogen) atoms. The van der Waals surface area contributed by atoms with Gasteiger partial charge in [0.1, 0.15) is 5.82 Å². The lowest BCUT2D eigenvalue weighted by Gasteiger charge is -2.34. The van der Waals surface area contributed by atoms with Gasteiger partial charge in [-0.05, 0) is 85.3 Å². The zero-order valence-corrected chi connectivity index (χ0v) is 17.3. The number of likely N-dealkylation sites (tertiary alicyclic amines) is 1. The van der Waals surface area contributed by atoms with Crippen LogP contribution in [0.2, 0.25) is 0 Å². The molecule has 1 aliphatic heterocycles. The van der Waals surface area contributed by atoms with Crippen LogP contribution in [0.25, 0.3) is 10.8 Å². The van der Waals surface area contributed by atoms with Gasteiger partial charge >= 0.3 is 0 Å². The van der Waals surface area contributed by atoms with E-state index in [1.165, 1.54) is 17.5 Å². The molecule has 2 N–H and O–H groups in total. The number of fused-ring (bicyclic) bond motifs is 1. The van der Waals surface area contributed by atoms with Gasteiger partial charge in [-0.15, -0.1) is 0 Å². The minimum absolute atomic E-state index is 0.275. The summed E-state index contributed by atoms with van der Waals surface area (Å²) in [6.07, 6.45) is 2.55. The van der Waals surface area contributed by atoms with Crippen LogP contribution >= 0.6 is 0 Å². The first kappa shape index (κ1) is 21.0. The molecule has 1 fully saturated rings. The van der Waals surface area contributed by atoms with Crippen molar-refractivity contribution in [2.75, 3.05) is 19.6 Å². The van der Waals surface area contributed by atoms with Gasteiger partial charge in [-0.1, -0.05) is 54.6 Å². The van der Waals surface area contributed by atoms with Crippen LogP contribution in [-0.4, -0.2) is 34.7 Å². The Kier molecular flexibility index (Phi) is 6.78. The first-order valence-corrected chi connectivity index (χ1v) is 10.9. The number of aliphatic hydroxyl groups is 2. The lowest BCUT2D eigenvalue weighted by molar-refractivity contribution is 0.0578. The van der Waals surface area contributed by atoms with Crippen LogP contribution in [0.15, 0.2) is 66.7 Å². The first-order valence-electron chi connectivity index (χ1n) is 10.9. The topological polar surface area (TPSA) is 43.7 Å². The summed E-state index contributed by atoms with van der Waals surface area (Å²) >= 11 is 0. The molecular formula is C26H30FNO2. The van der Waals surface area contributed by atoms with E-state index in [1.807, 2.05) is 18.2 Å². The highest BCUT2D eigenvalue weighted by molar-refractivity contribution is 5.86. The maximum atomic E-state index is 13.0. The van der Waals surface area contributed by atoms with E-state index in [-0.39, 0.29) is 11.7 Å². The summed E-state index contributed by atoms with van der Waals surface area (Å²) in [7, 11) is 0. The van der Waals surface area contributed by atoms with Crippen molar-refractivity contribution in [2.24, 2.45) is 5.92 Å². The second-order valence-corrected chi connectivity index (χ2v) is 8.40. The van der Waals surface area contributed by atoms with Crippen LogP contribution in [0.5, 0.6) is 0 Å². The van der Waals surface area contributed by atoms with Gasteiger partial charge in [0, 0.05) is 0 Å². The molecule has 4 heteroatoms. The molecule has 2 unspecified atom stereocenters. The van der Waals surface area contributed by atoms with Crippen LogP contribution in [0.3, 0.4) is 0 Å². The van der Waals surface area contributed by atoms with Crippen LogP contribution in [0, 0.1) is 11.7 Å². The van der Waals surface area contributed by atoms with Crippen molar-refractivity contribution >= 4 is 10.8 Å². The van der Waals surface area contributed by atoms with E-state index in [2.05, 4.69) is 29.2 Å². The normalized spacial score (nSPS) is 17.8. The Hall–Kier alpha value is -2.27. The number of halogens is 1. The molecule has 2 atom stereocenters. The fraction of sp³-hybridized carbons (Fsp3) is 0.385. The van der Waals surface area contributed by atoms with Gasteiger partial charge < -0.3 is 15.1 Å². The second kappa shape index (κ2) is 9.69. The first-order chi connectivity index (χ1) is 14.6. The van der Waals surface area contributed by atoms with Gasteiger partial charge in [0.25, 0.3) is 0 Å². The predicted molar refractivity (Wildman–Crippen MR) is 119 cm³/mol. The molecule has 3 aromatic carbocycles. The molecule has 158 valence electrons. The van der Waals surface area contributed by atoms with Gasteiger partial charge in [-0.3, -0.25) is 0 Å². The van der Waals surface area contributed by atoms with E-state index in [1.54, 1.807) is 12.1 Å². The van der Waals surface area contributed by atoms with E-state index in [4.69, 9.17) is 0 Å². The van der Waals surface area contributed by atoms with Crippen molar-refractivity contribution in [3.63, 3.8) is 0 Å². The summed E-state index contributed by atoms with van der Waals surface area (Å²) in [6, 6.07) is 20.5. The summed E-state index contributed by atoms with van der Waals surface area (Å²) in [6.45, 7) is 2.88. The maximum Gasteiger partial charge on any atom is 0.123 e. The van der Waals surface area contributed by atoms with Gasteiger partial charge in [0.05, 0.1) is 12.2 Å². The molecule has 0 spiro atoms. The number of nitrogens with zero attached hydrogens (tertiary/aromatic N) is 1. The fourth-order valence-corrected chi connectivity index (χ4v) is 4.61. The van der Waals surface area contributed by atoms with Crippen molar-refractivity contribution in [2.45, 2.75) is 37.9 Å². The zero-order chi connectivity index (χ0) is 20.9. The zero-order valence-electron chi connectivity index (χ0n) is 17.3. The maximum absolute atomic E-state index is 13.0. The van der Waals surface area contributed by atoms with Gasteiger partial charge in [-0.25, -0.2) is 4.39 Å². The molecule has 0 amide bonds. The quantitative estimate of drug-likeness (QED) is 0.563. The average Bonchev–Trinajstić information content (AvgIpc) is 2.79. The molecule has 1 heterocycles. The van der Waals surface area contributed by atoms with Crippen molar-refractivity contribution in [1.82, 2.24) is 4.90 Å². The lowest BCUT2D eigenvalue weighted by atomic mass is 9.85. The van der Waals surface area contributed by atoms with Crippen molar-refractivity contribution in [1.29, 1.82) is 0 Å². The SMILES string of the molecule is OC(CCCN1CCC(C(O)c2cccc3ccccc23)CC1)c1ccc(F)cc1. The van der Waals surface area contributed by atoms with Crippen molar-refractivity contribution < 1.29 is 14.6 Å². The molecular weight excluding hydrogens is 377 g/mol. The van der Waals surface area contributed by atoms with Crippen molar-refractivity contribution in [3.8, 4) is 0 Å². The van der Waals surface area contributed by atoms with E-state index in [9.17, 15) is 14.6 Å². The number of benzene rings is 3. The Morgan fingerprint density at radius 1 is 0.900 bits per heavy atom. The van der Waals surface area contributed by atoms with Crippen LogP contribution in [0.4, 0.5) is 4.39 Å². The van der Waals surface area contributed by atoms with E-state index in [0.29, 0.717) is 6.42 Å². The number of piperidine rings is 1. The molecule has 3 nitrogen and oxygen atoms in total. The highest BCUT2D eigenvalue weighted by Gasteiger charge is 2.27. The van der Waals surface area contributed by atoms with E-state index < -0.39 is 12.2 Å². The minimum Gasteiger partial charge on any atom is -0.388 e. The molecule has 1 saturated heterocycles. The van der Waals surface area contributed by atoms with Crippen LogP contribution < -0.4 is 0 Å². The number of hydrogen-bond acceptors (Lipinski definition) is 3. The summed E-state index contributed by atoms with van der Waals surface area (Å²) in [4.78, 5) is 2.42. The van der Waals surface area contributed by atoms with Crippen molar-refractivity contribution in [3.05, 3.63) is 83.7 Å². The smallest absolute Gasteiger partial charge is 0.123 e. The summed E-state index contributed by atoms with van der Waals surface area (Å²) < 4.78 is 13.0.